The summed E-state index contributed by atoms with van der Waals surface area (Å²) < 4.78 is 5.53. The van der Waals surface area contributed by atoms with Crippen LogP contribution >= 0.6 is 0 Å². The molecule has 2 amide bonds. The van der Waals surface area contributed by atoms with Crippen LogP contribution in [0.4, 0.5) is 4.79 Å². The molecule has 0 atom stereocenters. The van der Waals surface area contributed by atoms with Crippen molar-refractivity contribution in [3.05, 3.63) is 53.6 Å². The molecule has 2 aromatic carbocycles. The van der Waals surface area contributed by atoms with E-state index in [1.807, 2.05) is 24.3 Å². The van der Waals surface area contributed by atoms with Crippen molar-refractivity contribution in [2.24, 2.45) is 11.7 Å². The molecule has 0 bridgehead atoms. The number of carboxylic acid groups (broad SMARTS) is 1. The first-order chi connectivity index (χ1) is 14.5. The van der Waals surface area contributed by atoms with Gasteiger partial charge in [-0.1, -0.05) is 18.2 Å². The third kappa shape index (κ3) is 5.73. The molecular weight excluding hydrogens is 382 g/mol. The van der Waals surface area contributed by atoms with Crippen LogP contribution in [0.15, 0.2) is 42.5 Å². The number of methoxy groups -OCH3 is 1. The number of benzene rings is 2. The number of hydrogen-bond acceptors (Lipinski definition) is 4. The Morgan fingerprint density at radius 1 is 1.07 bits per heavy atom. The summed E-state index contributed by atoms with van der Waals surface area (Å²) >= 11 is 0. The number of hydrogen-bond donors (Lipinski definition) is 4. The van der Waals surface area contributed by atoms with Crippen molar-refractivity contribution < 1.29 is 19.4 Å². The summed E-state index contributed by atoms with van der Waals surface area (Å²) in [5.41, 5.74) is 8.94. The molecule has 2 aromatic rings. The topological polar surface area (TPSA) is 114 Å². The van der Waals surface area contributed by atoms with Gasteiger partial charge >= 0.3 is 6.09 Å². The zero-order valence-electron chi connectivity index (χ0n) is 17.2. The van der Waals surface area contributed by atoms with Crippen LogP contribution < -0.4 is 21.1 Å². The molecule has 1 aliphatic carbocycles. The Labute approximate surface area is 176 Å². The number of primary amides is 1. The van der Waals surface area contributed by atoms with Gasteiger partial charge in [-0.15, -0.1) is 0 Å². The molecule has 1 saturated carbocycles. The zero-order chi connectivity index (χ0) is 21.5. The Morgan fingerprint density at radius 3 is 2.33 bits per heavy atom. The van der Waals surface area contributed by atoms with E-state index in [0.717, 1.165) is 48.1 Å². The van der Waals surface area contributed by atoms with Crippen LogP contribution in [-0.4, -0.2) is 36.8 Å². The van der Waals surface area contributed by atoms with Crippen LogP contribution in [0.3, 0.4) is 0 Å². The van der Waals surface area contributed by atoms with Gasteiger partial charge in [0.1, 0.15) is 5.75 Å². The number of rotatable bonds is 8. The lowest BCUT2D eigenvalue weighted by Gasteiger charge is -2.29. The summed E-state index contributed by atoms with van der Waals surface area (Å²) in [6, 6.07) is 13.7. The molecule has 7 nitrogen and oxygen atoms in total. The fourth-order valence-electron chi connectivity index (χ4n) is 3.98. The standard InChI is InChI=1S/C23H29N3O4/c1-30-21-11-8-18(16-4-6-17(7-5-16)22(24)27)12-19(21)14-25-20-9-2-15(3-10-20)13-26-23(28)29/h4-8,11-12,15,20,25-26H,2-3,9-10,13-14H2,1H3,(H2,24,27)(H,28,29). The Hall–Kier alpha value is -3.06. The minimum Gasteiger partial charge on any atom is -0.496 e. The molecule has 7 heteroatoms. The number of nitrogens with one attached hydrogen (secondary N) is 2. The van der Waals surface area contributed by atoms with E-state index in [1.165, 1.54) is 0 Å². The van der Waals surface area contributed by atoms with Gasteiger partial charge in [-0.25, -0.2) is 4.79 Å². The molecule has 5 N–H and O–H groups in total. The van der Waals surface area contributed by atoms with E-state index in [-0.39, 0.29) is 0 Å². The summed E-state index contributed by atoms with van der Waals surface area (Å²) in [5, 5.41) is 14.9. The van der Waals surface area contributed by atoms with Crippen molar-refractivity contribution in [1.82, 2.24) is 10.6 Å². The van der Waals surface area contributed by atoms with Crippen molar-refractivity contribution in [3.8, 4) is 16.9 Å². The van der Waals surface area contributed by atoms with Gasteiger partial charge in [0.2, 0.25) is 5.91 Å². The van der Waals surface area contributed by atoms with Crippen LogP contribution in [0.5, 0.6) is 5.75 Å². The highest BCUT2D eigenvalue weighted by atomic mass is 16.5. The first-order valence-corrected chi connectivity index (χ1v) is 10.2. The quantitative estimate of drug-likeness (QED) is 0.532. The first-order valence-electron chi connectivity index (χ1n) is 10.2. The average molecular weight is 412 g/mol. The molecule has 0 aromatic heterocycles. The van der Waals surface area contributed by atoms with Crippen LogP contribution in [-0.2, 0) is 6.54 Å². The minimum atomic E-state index is -0.952. The second-order valence-corrected chi connectivity index (χ2v) is 7.75. The molecule has 0 heterocycles. The van der Waals surface area contributed by atoms with Crippen molar-refractivity contribution in [3.63, 3.8) is 0 Å². The Balaban J connectivity index is 1.61. The molecule has 1 aliphatic rings. The van der Waals surface area contributed by atoms with Gasteiger partial charge in [-0.2, -0.15) is 0 Å². The predicted molar refractivity (Wildman–Crippen MR) is 116 cm³/mol. The van der Waals surface area contributed by atoms with E-state index in [0.29, 0.717) is 30.6 Å². The van der Waals surface area contributed by atoms with Gasteiger partial charge in [0.05, 0.1) is 7.11 Å². The molecule has 160 valence electrons. The van der Waals surface area contributed by atoms with E-state index in [2.05, 4.69) is 16.7 Å². The van der Waals surface area contributed by atoms with Crippen molar-refractivity contribution >= 4 is 12.0 Å². The normalized spacial score (nSPS) is 18.6. The molecule has 30 heavy (non-hydrogen) atoms. The van der Waals surface area contributed by atoms with E-state index < -0.39 is 12.0 Å². The van der Waals surface area contributed by atoms with E-state index >= 15 is 0 Å². The summed E-state index contributed by atoms with van der Waals surface area (Å²) in [7, 11) is 1.67. The number of amides is 2. The lowest BCUT2D eigenvalue weighted by atomic mass is 9.86. The SMILES string of the molecule is COc1ccc(-c2ccc(C(N)=O)cc2)cc1CNC1CCC(CNC(=O)O)CC1. The zero-order valence-corrected chi connectivity index (χ0v) is 17.2. The van der Waals surface area contributed by atoms with E-state index in [9.17, 15) is 9.59 Å². The molecule has 0 radical (unpaired) electrons. The Bertz CT molecular complexity index is 875. The maximum absolute atomic E-state index is 11.3. The number of ether oxygens (including phenoxy) is 1. The monoisotopic (exact) mass is 411 g/mol. The molecule has 1 fully saturated rings. The molecule has 0 saturated heterocycles. The smallest absolute Gasteiger partial charge is 0.404 e. The maximum atomic E-state index is 11.3. The second kappa shape index (κ2) is 10.1. The largest absolute Gasteiger partial charge is 0.496 e. The fourth-order valence-corrected chi connectivity index (χ4v) is 3.98. The van der Waals surface area contributed by atoms with Gasteiger partial charge in [-0.3, -0.25) is 4.79 Å². The number of carbonyl (C=O) groups excluding carboxylic acids is 1. The second-order valence-electron chi connectivity index (χ2n) is 7.75. The van der Waals surface area contributed by atoms with Crippen molar-refractivity contribution in [2.45, 2.75) is 38.3 Å². The Morgan fingerprint density at radius 2 is 1.73 bits per heavy atom. The van der Waals surface area contributed by atoms with Gasteiger partial charge in [-0.05, 0) is 67.0 Å². The molecule has 0 aliphatic heterocycles. The molecular formula is C23H29N3O4. The van der Waals surface area contributed by atoms with Gasteiger partial charge in [0, 0.05) is 30.3 Å². The summed E-state index contributed by atoms with van der Waals surface area (Å²) in [6.45, 7) is 1.23. The maximum Gasteiger partial charge on any atom is 0.404 e. The lowest BCUT2D eigenvalue weighted by molar-refractivity contribution is 0.1000. The highest BCUT2D eigenvalue weighted by Gasteiger charge is 2.21. The first kappa shape index (κ1) is 21.6. The Kier molecular flexibility index (Phi) is 7.30. The van der Waals surface area contributed by atoms with Crippen LogP contribution in [0.25, 0.3) is 11.1 Å². The third-order valence-electron chi connectivity index (χ3n) is 5.75. The van der Waals surface area contributed by atoms with Gasteiger partial charge < -0.3 is 26.2 Å². The summed E-state index contributed by atoms with van der Waals surface area (Å²) in [5.74, 6) is 0.814. The predicted octanol–water partition coefficient (Wildman–Crippen LogP) is 3.38. The van der Waals surface area contributed by atoms with Gasteiger partial charge in [0.15, 0.2) is 0 Å². The van der Waals surface area contributed by atoms with Crippen LogP contribution in [0.2, 0.25) is 0 Å². The van der Waals surface area contributed by atoms with Crippen molar-refractivity contribution in [2.75, 3.05) is 13.7 Å². The van der Waals surface area contributed by atoms with Crippen molar-refractivity contribution in [1.29, 1.82) is 0 Å². The number of nitrogens with two attached hydrogens (primary N) is 1. The third-order valence-corrected chi connectivity index (χ3v) is 5.75. The highest BCUT2D eigenvalue weighted by molar-refractivity contribution is 5.93. The lowest BCUT2D eigenvalue weighted by Crippen LogP contribution is -2.36. The molecule has 3 rings (SSSR count). The van der Waals surface area contributed by atoms with E-state index in [1.54, 1.807) is 19.2 Å². The summed E-state index contributed by atoms with van der Waals surface area (Å²) in [6.07, 6.45) is 3.14. The number of carbonyl (C=O) groups is 2. The minimum absolute atomic E-state index is 0.411. The molecule has 0 unspecified atom stereocenters. The molecule has 0 spiro atoms. The fraction of sp³-hybridized carbons (Fsp3) is 0.391. The average Bonchev–Trinajstić information content (AvgIpc) is 2.76. The highest BCUT2D eigenvalue weighted by Crippen LogP contribution is 2.28. The van der Waals surface area contributed by atoms with Gasteiger partial charge in [0.25, 0.3) is 0 Å². The van der Waals surface area contributed by atoms with Crippen LogP contribution in [0, 0.1) is 5.92 Å². The van der Waals surface area contributed by atoms with E-state index in [4.69, 9.17) is 15.6 Å². The van der Waals surface area contributed by atoms with Crippen LogP contribution in [0.1, 0.15) is 41.6 Å². The summed E-state index contributed by atoms with van der Waals surface area (Å²) in [4.78, 5) is 21.9.